The number of hydrogen-bond acceptors (Lipinski definition) is 3. The minimum Gasteiger partial charge on any atom is -0.465 e. The van der Waals surface area contributed by atoms with Gasteiger partial charge in [-0.05, 0) is 23.9 Å². The third-order valence-corrected chi connectivity index (χ3v) is 4.26. The summed E-state index contributed by atoms with van der Waals surface area (Å²) in [6.45, 7) is 2.50. The molecule has 2 aromatic carbocycles. The first-order valence-electron chi connectivity index (χ1n) is 6.91. The first-order chi connectivity index (χ1) is 9.54. The third-order valence-electron chi connectivity index (χ3n) is 4.26. The van der Waals surface area contributed by atoms with Crippen LogP contribution in [0.4, 0.5) is 5.69 Å². The molecule has 0 bridgehead atoms. The molecule has 3 nitrogen and oxygen atoms in total. The Morgan fingerprint density at radius 1 is 1.10 bits per heavy atom. The normalized spacial score (nSPS) is 22.1. The molecule has 104 valence electrons. The highest BCUT2D eigenvalue weighted by Crippen LogP contribution is 2.40. The van der Waals surface area contributed by atoms with Gasteiger partial charge in [-0.3, -0.25) is 4.79 Å². The third kappa shape index (κ3) is 1.77. The molecule has 0 spiro atoms. The summed E-state index contributed by atoms with van der Waals surface area (Å²) in [5.41, 5.74) is 1.71. The van der Waals surface area contributed by atoms with E-state index < -0.39 is 5.41 Å². The summed E-state index contributed by atoms with van der Waals surface area (Å²) in [6.07, 6.45) is 0.747. The standard InChI is InChI=1S/C17H19NO2/c1-17(10-11-20-16(17)19)14-8-9-15(18(2)3)13-7-5-4-6-12(13)14/h4-9H,10-11H2,1-3H3. The van der Waals surface area contributed by atoms with Gasteiger partial charge in [-0.25, -0.2) is 0 Å². The number of carbonyl (C=O) groups is 1. The minimum absolute atomic E-state index is 0.111. The minimum atomic E-state index is -0.523. The molecule has 0 aliphatic carbocycles. The zero-order chi connectivity index (χ0) is 14.3. The lowest BCUT2D eigenvalue weighted by Crippen LogP contribution is -2.28. The van der Waals surface area contributed by atoms with Crippen molar-refractivity contribution in [2.45, 2.75) is 18.8 Å². The quantitative estimate of drug-likeness (QED) is 0.785. The lowest BCUT2D eigenvalue weighted by Gasteiger charge is -2.24. The van der Waals surface area contributed by atoms with E-state index in [0.29, 0.717) is 6.61 Å². The summed E-state index contributed by atoms with van der Waals surface area (Å²) in [5, 5.41) is 2.32. The second-order valence-electron chi connectivity index (χ2n) is 5.79. The van der Waals surface area contributed by atoms with Crippen LogP contribution < -0.4 is 4.90 Å². The number of cyclic esters (lactones) is 1. The largest absolute Gasteiger partial charge is 0.465 e. The fraction of sp³-hybridized carbons (Fsp3) is 0.353. The van der Waals surface area contributed by atoms with Crippen LogP contribution in [-0.2, 0) is 14.9 Å². The van der Waals surface area contributed by atoms with E-state index in [1.807, 2.05) is 33.2 Å². The smallest absolute Gasteiger partial charge is 0.316 e. The van der Waals surface area contributed by atoms with E-state index in [0.717, 1.165) is 17.4 Å². The maximum absolute atomic E-state index is 12.1. The second-order valence-corrected chi connectivity index (χ2v) is 5.79. The molecule has 0 N–H and O–H groups in total. The Morgan fingerprint density at radius 2 is 1.80 bits per heavy atom. The first kappa shape index (κ1) is 13.0. The number of carbonyl (C=O) groups excluding carboxylic acids is 1. The number of anilines is 1. The first-order valence-corrected chi connectivity index (χ1v) is 6.91. The Kier molecular flexibility index (Phi) is 2.93. The van der Waals surface area contributed by atoms with Crippen molar-refractivity contribution in [3.05, 3.63) is 42.0 Å². The number of nitrogens with zero attached hydrogens (tertiary/aromatic N) is 1. The molecule has 3 rings (SSSR count). The number of ether oxygens (including phenoxy) is 1. The summed E-state index contributed by atoms with van der Waals surface area (Å²) in [7, 11) is 4.07. The van der Waals surface area contributed by atoms with Crippen LogP contribution in [0.3, 0.4) is 0 Å². The fourth-order valence-corrected chi connectivity index (χ4v) is 3.01. The molecule has 1 aliphatic rings. The maximum Gasteiger partial charge on any atom is 0.316 e. The number of rotatable bonds is 2. The van der Waals surface area contributed by atoms with Crippen LogP contribution in [-0.4, -0.2) is 26.7 Å². The van der Waals surface area contributed by atoms with Crippen LogP contribution >= 0.6 is 0 Å². The molecule has 1 aliphatic heterocycles. The topological polar surface area (TPSA) is 29.5 Å². The average Bonchev–Trinajstić information content (AvgIpc) is 2.78. The predicted octanol–water partition coefficient (Wildman–Crippen LogP) is 3.11. The highest BCUT2D eigenvalue weighted by Gasteiger charge is 2.42. The Morgan fingerprint density at radius 3 is 2.40 bits per heavy atom. The Labute approximate surface area is 119 Å². The monoisotopic (exact) mass is 269 g/mol. The number of hydrogen-bond donors (Lipinski definition) is 0. The van der Waals surface area contributed by atoms with Crippen molar-refractivity contribution in [3.8, 4) is 0 Å². The van der Waals surface area contributed by atoms with Crippen molar-refractivity contribution in [1.82, 2.24) is 0 Å². The van der Waals surface area contributed by atoms with Crippen LogP contribution in [0.1, 0.15) is 18.9 Å². The SMILES string of the molecule is CN(C)c1ccc(C2(C)CCOC2=O)c2ccccc12. The van der Waals surface area contributed by atoms with Gasteiger partial charge in [0.1, 0.15) is 0 Å². The van der Waals surface area contributed by atoms with Gasteiger partial charge in [0.15, 0.2) is 0 Å². The summed E-state index contributed by atoms with van der Waals surface area (Å²) in [4.78, 5) is 14.2. The molecular weight excluding hydrogens is 250 g/mol. The average molecular weight is 269 g/mol. The fourth-order valence-electron chi connectivity index (χ4n) is 3.01. The summed E-state index contributed by atoms with van der Waals surface area (Å²) >= 11 is 0. The van der Waals surface area contributed by atoms with Gasteiger partial charge < -0.3 is 9.64 Å². The van der Waals surface area contributed by atoms with E-state index in [1.54, 1.807) is 0 Å². The van der Waals surface area contributed by atoms with Crippen molar-refractivity contribution < 1.29 is 9.53 Å². The molecule has 1 atom stereocenters. The van der Waals surface area contributed by atoms with Gasteiger partial charge in [0.2, 0.25) is 0 Å². The predicted molar refractivity (Wildman–Crippen MR) is 81.2 cm³/mol. The zero-order valence-corrected chi connectivity index (χ0v) is 12.1. The van der Waals surface area contributed by atoms with Crippen molar-refractivity contribution in [3.63, 3.8) is 0 Å². The summed E-state index contributed by atoms with van der Waals surface area (Å²) in [5.74, 6) is -0.111. The van der Waals surface area contributed by atoms with Gasteiger partial charge in [0.25, 0.3) is 0 Å². The Balaban J connectivity index is 2.28. The summed E-state index contributed by atoms with van der Waals surface area (Å²) in [6, 6.07) is 12.4. The van der Waals surface area contributed by atoms with E-state index in [-0.39, 0.29) is 5.97 Å². The molecule has 2 aromatic rings. The molecule has 0 radical (unpaired) electrons. The number of esters is 1. The van der Waals surface area contributed by atoms with Gasteiger partial charge in [-0.2, -0.15) is 0 Å². The van der Waals surface area contributed by atoms with E-state index in [1.165, 1.54) is 11.1 Å². The highest BCUT2D eigenvalue weighted by molar-refractivity contribution is 6.00. The lowest BCUT2D eigenvalue weighted by molar-refractivity contribution is -0.142. The van der Waals surface area contributed by atoms with Gasteiger partial charge in [-0.15, -0.1) is 0 Å². The Hall–Kier alpha value is -2.03. The van der Waals surface area contributed by atoms with E-state index in [2.05, 4.69) is 29.2 Å². The van der Waals surface area contributed by atoms with E-state index in [9.17, 15) is 4.79 Å². The zero-order valence-electron chi connectivity index (χ0n) is 12.1. The van der Waals surface area contributed by atoms with Crippen LogP contribution in [0.5, 0.6) is 0 Å². The molecular formula is C17H19NO2. The van der Waals surface area contributed by atoms with Crippen molar-refractivity contribution in [1.29, 1.82) is 0 Å². The van der Waals surface area contributed by atoms with E-state index >= 15 is 0 Å². The second kappa shape index (κ2) is 4.51. The van der Waals surface area contributed by atoms with Gasteiger partial charge in [0.05, 0.1) is 12.0 Å². The summed E-state index contributed by atoms with van der Waals surface area (Å²) < 4.78 is 5.20. The van der Waals surface area contributed by atoms with Crippen LogP contribution in [0, 0.1) is 0 Å². The van der Waals surface area contributed by atoms with Crippen LogP contribution in [0.15, 0.2) is 36.4 Å². The number of fused-ring (bicyclic) bond motifs is 1. The molecule has 0 saturated carbocycles. The molecule has 1 heterocycles. The van der Waals surface area contributed by atoms with Gasteiger partial charge >= 0.3 is 5.97 Å². The van der Waals surface area contributed by atoms with Crippen molar-refractivity contribution in [2.24, 2.45) is 0 Å². The lowest BCUT2D eigenvalue weighted by atomic mass is 9.78. The van der Waals surface area contributed by atoms with Crippen LogP contribution in [0.2, 0.25) is 0 Å². The van der Waals surface area contributed by atoms with E-state index in [4.69, 9.17) is 4.74 Å². The molecule has 0 aromatic heterocycles. The molecule has 0 amide bonds. The number of benzene rings is 2. The molecule has 3 heteroatoms. The van der Waals surface area contributed by atoms with Crippen LogP contribution in [0.25, 0.3) is 10.8 Å². The maximum atomic E-state index is 12.1. The van der Waals surface area contributed by atoms with Gasteiger partial charge in [-0.1, -0.05) is 30.3 Å². The highest BCUT2D eigenvalue weighted by atomic mass is 16.5. The molecule has 20 heavy (non-hydrogen) atoms. The van der Waals surface area contributed by atoms with Crippen molar-refractivity contribution in [2.75, 3.05) is 25.6 Å². The van der Waals surface area contributed by atoms with Gasteiger partial charge in [0, 0.05) is 31.6 Å². The molecule has 1 unspecified atom stereocenters. The van der Waals surface area contributed by atoms with Crippen molar-refractivity contribution >= 4 is 22.4 Å². The molecule has 1 fully saturated rings. The molecule has 1 saturated heterocycles. The Bertz CT molecular complexity index is 678.